The van der Waals surface area contributed by atoms with Gasteiger partial charge in [0.25, 0.3) is 0 Å². The summed E-state index contributed by atoms with van der Waals surface area (Å²) in [6, 6.07) is 0. The lowest BCUT2D eigenvalue weighted by atomic mass is 10.1. The van der Waals surface area contributed by atoms with Crippen molar-refractivity contribution in [3.05, 3.63) is 23.9 Å². The molecular formula is C9H13NO3. The highest BCUT2D eigenvalue weighted by molar-refractivity contribution is 5.69. The minimum atomic E-state index is -0.365. The van der Waals surface area contributed by atoms with Gasteiger partial charge in [0.2, 0.25) is 0 Å². The molecule has 72 valence electrons. The van der Waals surface area contributed by atoms with Gasteiger partial charge < -0.3 is 9.84 Å². The van der Waals surface area contributed by atoms with E-state index in [1.807, 2.05) is 6.08 Å². The summed E-state index contributed by atoms with van der Waals surface area (Å²) < 4.78 is 4.54. The Morgan fingerprint density at radius 2 is 2.54 bits per heavy atom. The number of aliphatic hydroxyl groups excluding tert-OH is 1. The predicted octanol–water partition coefficient (Wildman–Crippen LogP) is 0.891. The molecule has 0 atom stereocenters. The lowest BCUT2D eigenvalue weighted by Gasteiger charge is -2.18. The van der Waals surface area contributed by atoms with E-state index < -0.39 is 0 Å². The third-order valence-corrected chi connectivity index (χ3v) is 1.83. The van der Waals surface area contributed by atoms with Crippen LogP contribution in [-0.2, 0) is 4.74 Å². The maximum atomic E-state index is 11.0. The monoisotopic (exact) mass is 183 g/mol. The molecule has 1 amide bonds. The second-order valence-corrected chi connectivity index (χ2v) is 2.69. The van der Waals surface area contributed by atoms with Crippen molar-refractivity contribution in [1.82, 2.24) is 4.90 Å². The molecular weight excluding hydrogens is 170 g/mol. The summed E-state index contributed by atoms with van der Waals surface area (Å²) in [5.74, 6) is 0. The maximum absolute atomic E-state index is 11.0. The van der Waals surface area contributed by atoms with Crippen LogP contribution in [0.5, 0.6) is 0 Å². The van der Waals surface area contributed by atoms with Crippen LogP contribution in [0.25, 0.3) is 0 Å². The number of amides is 1. The Kier molecular flexibility index (Phi) is 3.52. The molecule has 1 heterocycles. The number of carbonyl (C=O) groups is 1. The number of hydrogen-bond donors (Lipinski definition) is 1. The number of methoxy groups -OCH3 is 1. The van der Waals surface area contributed by atoms with Gasteiger partial charge in [0.15, 0.2) is 0 Å². The van der Waals surface area contributed by atoms with Gasteiger partial charge in [0, 0.05) is 19.4 Å². The molecule has 4 nitrogen and oxygen atoms in total. The number of aliphatic hydroxyl groups is 1. The van der Waals surface area contributed by atoms with Crippen LogP contribution in [0.15, 0.2) is 23.9 Å². The smallest absolute Gasteiger partial charge is 0.413 e. The van der Waals surface area contributed by atoms with Gasteiger partial charge in [-0.05, 0) is 18.1 Å². The van der Waals surface area contributed by atoms with Crippen molar-refractivity contribution in [3.8, 4) is 0 Å². The van der Waals surface area contributed by atoms with Crippen LogP contribution in [0.3, 0.4) is 0 Å². The normalized spacial score (nSPS) is 15.5. The molecule has 0 aromatic heterocycles. The zero-order valence-electron chi connectivity index (χ0n) is 7.56. The van der Waals surface area contributed by atoms with Crippen LogP contribution in [-0.4, -0.2) is 36.4 Å². The number of nitrogens with zero attached hydrogens (tertiary/aromatic N) is 1. The van der Waals surface area contributed by atoms with E-state index >= 15 is 0 Å². The molecule has 0 unspecified atom stereocenters. The van der Waals surface area contributed by atoms with Crippen molar-refractivity contribution >= 4 is 6.09 Å². The van der Waals surface area contributed by atoms with Crippen molar-refractivity contribution in [2.24, 2.45) is 0 Å². The van der Waals surface area contributed by atoms with Gasteiger partial charge in [-0.2, -0.15) is 0 Å². The predicted molar refractivity (Wildman–Crippen MR) is 48.0 cm³/mol. The third-order valence-electron chi connectivity index (χ3n) is 1.83. The molecule has 0 saturated heterocycles. The molecule has 0 radical (unpaired) electrons. The van der Waals surface area contributed by atoms with Crippen molar-refractivity contribution < 1.29 is 14.6 Å². The number of allylic oxidation sites excluding steroid dienone is 1. The van der Waals surface area contributed by atoms with Crippen LogP contribution >= 0.6 is 0 Å². The second-order valence-electron chi connectivity index (χ2n) is 2.69. The quantitative estimate of drug-likeness (QED) is 0.691. The highest BCUT2D eigenvalue weighted by Gasteiger charge is 2.11. The number of hydrogen-bond acceptors (Lipinski definition) is 3. The van der Waals surface area contributed by atoms with Crippen molar-refractivity contribution in [2.45, 2.75) is 6.42 Å². The fourth-order valence-corrected chi connectivity index (χ4v) is 1.10. The molecule has 0 aliphatic carbocycles. The van der Waals surface area contributed by atoms with Crippen LogP contribution < -0.4 is 0 Å². The first-order chi connectivity index (χ1) is 6.27. The van der Waals surface area contributed by atoms with E-state index in [1.54, 1.807) is 12.3 Å². The summed E-state index contributed by atoms with van der Waals surface area (Å²) >= 11 is 0. The van der Waals surface area contributed by atoms with Crippen molar-refractivity contribution in [2.75, 3.05) is 20.3 Å². The lowest BCUT2D eigenvalue weighted by Crippen LogP contribution is -2.27. The summed E-state index contributed by atoms with van der Waals surface area (Å²) in [6.07, 6.45) is 5.63. The Morgan fingerprint density at radius 1 is 1.77 bits per heavy atom. The first-order valence-corrected chi connectivity index (χ1v) is 4.10. The molecule has 13 heavy (non-hydrogen) atoms. The van der Waals surface area contributed by atoms with Gasteiger partial charge in [-0.15, -0.1) is 0 Å². The van der Waals surface area contributed by atoms with E-state index in [9.17, 15) is 4.79 Å². The van der Waals surface area contributed by atoms with Crippen molar-refractivity contribution in [1.29, 1.82) is 0 Å². The Bertz CT molecular complexity index is 245. The standard InChI is InChI=1S/C9H13NO3/c1-13-9(12)10-5-2-8(3-6-10)4-7-11/h2-3,5,11H,4,6-7H2,1H3. The SMILES string of the molecule is COC(=O)N1C=CC(CCO)=CC1. The molecule has 0 aromatic carbocycles. The molecule has 0 fully saturated rings. The molecule has 0 bridgehead atoms. The average Bonchev–Trinajstić information content (AvgIpc) is 2.18. The average molecular weight is 183 g/mol. The van der Waals surface area contributed by atoms with Gasteiger partial charge >= 0.3 is 6.09 Å². The second kappa shape index (κ2) is 4.67. The number of rotatable bonds is 2. The lowest BCUT2D eigenvalue weighted by molar-refractivity contribution is 0.143. The first-order valence-electron chi connectivity index (χ1n) is 4.10. The van der Waals surface area contributed by atoms with Crippen LogP contribution in [0, 0.1) is 0 Å². The molecule has 1 aliphatic rings. The van der Waals surface area contributed by atoms with Crippen LogP contribution in [0.2, 0.25) is 0 Å². The highest BCUT2D eigenvalue weighted by Crippen LogP contribution is 2.10. The fourth-order valence-electron chi connectivity index (χ4n) is 1.10. The topological polar surface area (TPSA) is 49.8 Å². The summed E-state index contributed by atoms with van der Waals surface area (Å²) in [4.78, 5) is 12.5. The van der Waals surface area contributed by atoms with E-state index in [1.165, 1.54) is 12.0 Å². The molecule has 0 aromatic rings. The van der Waals surface area contributed by atoms with Gasteiger partial charge in [-0.1, -0.05) is 6.08 Å². The molecule has 0 saturated carbocycles. The molecule has 4 heteroatoms. The summed E-state index contributed by atoms with van der Waals surface area (Å²) in [5.41, 5.74) is 1.04. The zero-order valence-corrected chi connectivity index (χ0v) is 7.56. The van der Waals surface area contributed by atoms with Gasteiger partial charge in [0.1, 0.15) is 0 Å². The highest BCUT2D eigenvalue weighted by atomic mass is 16.5. The van der Waals surface area contributed by atoms with E-state index in [0.29, 0.717) is 13.0 Å². The van der Waals surface area contributed by atoms with Crippen LogP contribution in [0.4, 0.5) is 4.79 Å². The maximum Gasteiger partial charge on any atom is 0.413 e. The minimum absolute atomic E-state index is 0.133. The van der Waals surface area contributed by atoms with Crippen molar-refractivity contribution in [3.63, 3.8) is 0 Å². The largest absolute Gasteiger partial charge is 0.452 e. The third kappa shape index (κ3) is 2.59. The fraction of sp³-hybridized carbons (Fsp3) is 0.444. The molecule has 0 spiro atoms. The Morgan fingerprint density at radius 3 is 3.00 bits per heavy atom. The van der Waals surface area contributed by atoms with Gasteiger partial charge in [0.05, 0.1) is 7.11 Å². The molecule has 1 rings (SSSR count). The Hall–Kier alpha value is -1.29. The number of ether oxygens (including phenoxy) is 1. The van der Waals surface area contributed by atoms with Gasteiger partial charge in [-0.25, -0.2) is 4.79 Å². The molecule has 1 N–H and O–H groups in total. The van der Waals surface area contributed by atoms with E-state index in [0.717, 1.165) is 5.57 Å². The van der Waals surface area contributed by atoms with E-state index in [2.05, 4.69) is 4.74 Å². The minimum Gasteiger partial charge on any atom is -0.452 e. The van der Waals surface area contributed by atoms with Crippen LogP contribution in [0.1, 0.15) is 6.42 Å². The Balaban J connectivity index is 2.48. The number of carbonyl (C=O) groups excluding carboxylic acids is 1. The zero-order chi connectivity index (χ0) is 9.68. The summed E-state index contributed by atoms with van der Waals surface area (Å²) in [7, 11) is 1.35. The Labute approximate surface area is 77.1 Å². The molecule has 1 aliphatic heterocycles. The summed E-state index contributed by atoms with van der Waals surface area (Å²) in [6.45, 7) is 0.646. The summed E-state index contributed by atoms with van der Waals surface area (Å²) in [5, 5.41) is 8.66. The van der Waals surface area contributed by atoms with E-state index in [-0.39, 0.29) is 12.7 Å². The first kappa shape index (κ1) is 9.80. The van der Waals surface area contributed by atoms with E-state index in [4.69, 9.17) is 5.11 Å². The van der Waals surface area contributed by atoms with Gasteiger partial charge in [-0.3, -0.25) is 4.90 Å².